The highest BCUT2D eigenvalue weighted by Crippen LogP contribution is 2.38. The first-order valence-electron chi connectivity index (χ1n) is 5.31. The largest absolute Gasteiger partial charge is 0.495 e. The summed E-state index contributed by atoms with van der Waals surface area (Å²) in [6, 6.07) is 7.53. The average Bonchev–Trinajstić information content (AvgIpc) is 2.72. The van der Waals surface area contributed by atoms with E-state index in [-0.39, 0.29) is 6.04 Å². The Bertz CT molecular complexity index is 572. The second kappa shape index (κ2) is 6.56. The normalized spacial score (nSPS) is 12.5. The van der Waals surface area contributed by atoms with E-state index in [1.54, 1.807) is 24.5 Å². The molecule has 0 bridgehead atoms. The average molecular weight is 427 g/mol. The summed E-state index contributed by atoms with van der Waals surface area (Å²) >= 11 is 14.6. The van der Waals surface area contributed by atoms with Crippen molar-refractivity contribution in [3.05, 3.63) is 48.0 Å². The van der Waals surface area contributed by atoms with Gasteiger partial charge in [-0.1, -0.05) is 17.7 Å². The third-order valence-corrected chi connectivity index (χ3v) is 6.26. The number of hydrogen-bond donors (Lipinski definition) is 2. The highest BCUT2D eigenvalue weighted by atomic mass is 79.9. The number of nitrogens with one attached hydrogen (secondary N) is 1. The summed E-state index contributed by atoms with van der Waals surface area (Å²) in [6.45, 7) is 0. The van der Waals surface area contributed by atoms with Gasteiger partial charge in [0, 0.05) is 9.35 Å². The SMILES string of the molecule is COc1cc(C(NN)c2cc(Br)c(Br)s2)ccc1Cl. The Morgan fingerprint density at radius 2 is 2.11 bits per heavy atom. The van der Waals surface area contributed by atoms with Gasteiger partial charge in [0.05, 0.1) is 22.0 Å². The molecule has 1 heterocycles. The lowest BCUT2D eigenvalue weighted by Crippen LogP contribution is -2.28. The van der Waals surface area contributed by atoms with Crippen molar-refractivity contribution < 1.29 is 4.74 Å². The summed E-state index contributed by atoms with van der Waals surface area (Å²) in [5.41, 5.74) is 3.81. The van der Waals surface area contributed by atoms with E-state index in [1.807, 2.05) is 18.2 Å². The number of rotatable bonds is 4. The molecule has 1 unspecified atom stereocenters. The first-order valence-corrected chi connectivity index (χ1v) is 8.09. The lowest BCUT2D eigenvalue weighted by molar-refractivity contribution is 0.414. The number of hydrogen-bond acceptors (Lipinski definition) is 4. The predicted octanol–water partition coefficient (Wildman–Crippen LogP) is 4.49. The first-order chi connectivity index (χ1) is 9.06. The fourth-order valence-corrected chi connectivity index (χ4v) is 4.08. The molecule has 3 N–H and O–H groups in total. The third kappa shape index (κ3) is 3.32. The smallest absolute Gasteiger partial charge is 0.137 e. The van der Waals surface area contributed by atoms with E-state index in [2.05, 4.69) is 37.3 Å². The van der Waals surface area contributed by atoms with Gasteiger partial charge in [0.15, 0.2) is 0 Å². The molecule has 1 aromatic heterocycles. The van der Waals surface area contributed by atoms with Gasteiger partial charge in [0.1, 0.15) is 5.75 Å². The summed E-state index contributed by atoms with van der Waals surface area (Å²) in [5.74, 6) is 6.31. The predicted molar refractivity (Wildman–Crippen MR) is 86.9 cm³/mol. The number of methoxy groups -OCH3 is 1. The van der Waals surface area contributed by atoms with Gasteiger partial charge in [-0.05, 0) is 55.6 Å². The number of ether oxygens (including phenoxy) is 1. The molecule has 0 saturated heterocycles. The van der Waals surface area contributed by atoms with Crippen molar-refractivity contribution in [1.29, 1.82) is 0 Å². The van der Waals surface area contributed by atoms with Crippen LogP contribution in [0.5, 0.6) is 5.75 Å². The first kappa shape index (κ1) is 15.3. The molecule has 0 radical (unpaired) electrons. The fraction of sp³-hybridized carbons (Fsp3) is 0.167. The van der Waals surface area contributed by atoms with Crippen molar-refractivity contribution >= 4 is 54.8 Å². The third-order valence-electron chi connectivity index (χ3n) is 2.62. The topological polar surface area (TPSA) is 47.3 Å². The van der Waals surface area contributed by atoms with Gasteiger partial charge in [-0.3, -0.25) is 5.84 Å². The van der Waals surface area contributed by atoms with E-state index >= 15 is 0 Å². The number of nitrogens with two attached hydrogens (primary N) is 1. The molecular formula is C12H11Br2ClN2OS. The van der Waals surface area contributed by atoms with Gasteiger partial charge in [-0.25, -0.2) is 5.43 Å². The molecule has 1 aromatic carbocycles. The van der Waals surface area contributed by atoms with E-state index in [0.717, 1.165) is 18.7 Å². The van der Waals surface area contributed by atoms with E-state index in [0.29, 0.717) is 10.8 Å². The zero-order valence-electron chi connectivity index (χ0n) is 9.91. The summed E-state index contributed by atoms with van der Waals surface area (Å²) in [5, 5.41) is 0.579. The van der Waals surface area contributed by atoms with Crippen molar-refractivity contribution in [2.45, 2.75) is 6.04 Å². The van der Waals surface area contributed by atoms with Crippen LogP contribution in [0.15, 0.2) is 32.5 Å². The van der Waals surface area contributed by atoms with Crippen LogP contribution in [0.3, 0.4) is 0 Å². The van der Waals surface area contributed by atoms with Gasteiger partial charge in [-0.15, -0.1) is 11.3 Å². The molecule has 2 rings (SSSR count). The second-order valence-corrected chi connectivity index (χ2v) is 7.43. The summed E-state index contributed by atoms with van der Waals surface area (Å²) in [6.07, 6.45) is 0. The lowest BCUT2D eigenvalue weighted by atomic mass is 10.1. The van der Waals surface area contributed by atoms with Crippen LogP contribution in [0.25, 0.3) is 0 Å². The molecule has 2 aromatic rings. The van der Waals surface area contributed by atoms with E-state index in [9.17, 15) is 0 Å². The van der Waals surface area contributed by atoms with E-state index < -0.39 is 0 Å². The quantitative estimate of drug-likeness (QED) is 0.560. The molecule has 19 heavy (non-hydrogen) atoms. The van der Waals surface area contributed by atoms with Crippen molar-refractivity contribution in [3.63, 3.8) is 0 Å². The van der Waals surface area contributed by atoms with Gasteiger partial charge in [-0.2, -0.15) is 0 Å². The standard InChI is InChI=1S/C12H11Br2ClN2OS/c1-18-9-4-6(2-3-8(9)15)11(17-16)10-5-7(13)12(14)19-10/h2-5,11,17H,16H2,1H3. The Kier molecular flexibility index (Phi) is 5.28. The number of halogens is 3. The molecule has 3 nitrogen and oxygen atoms in total. The van der Waals surface area contributed by atoms with Crippen molar-refractivity contribution in [1.82, 2.24) is 5.43 Å². The Labute approximate surface area is 137 Å². The van der Waals surface area contributed by atoms with Crippen LogP contribution in [0, 0.1) is 0 Å². The molecular weight excluding hydrogens is 415 g/mol. The molecule has 0 aliphatic heterocycles. The Morgan fingerprint density at radius 3 is 2.63 bits per heavy atom. The van der Waals surface area contributed by atoms with Crippen LogP contribution in [0.2, 0.25) is 5.02 Å². The van der Waals surface area contributed by atoms with Crippen molar-refractivity contribution in [2.75, 3.05) is 7.11 Å². The highest BCUT2D eigenvalue weighted by Gasteiger charge is 2.18. The minimum Gasteiger partial charge on any atom is -0.495 e. The van der Waals surface area contributed by atoms with Crippen LogP contribution < -0.4 is 16.0 Å². The molecule has 0 amide bonds. The molecule has 0 spiro atoms. The summed E-state index contributed by atoms with van der Waals surface area (Å²) in [7, 11) is 1.59. The Hall–Kier alpha value is -0.110. The fourth-order valence-electron chi connectivity index (χ4n) is 1.70. The zero-order chi connectivity index (χ0) is 14.0. The minimum atomic E-state index is -0.112. The molecule has 0 aliphatic carbocycles. The van der Waals surface area contributed by atoms with Gasteiger partial charge >= 0.3 is 0 Å². The van der Waals surface area contributed by atoms with Crippen LogP contribution >= 0.6 is 54.8 Å². The van der Waals surface area contributed by atoms with Crippen LogP contribution in [0.4, 0.5) is 0 Å². The van der Waals surface area contributed by atoms with Crippen LogP contribution in [-0.2, 0) is 0 Å². The number of benzene rings is 1. The van der Waals surface area contributed by atoms with E-state index in [4.69, 9.17) is 22.2 Å². The van der Waals surface area contributed by atoms with E-state index in [1.165, 1.54) is 0 Å². The van der Waals surface area contributed by atoms with Gasteiger partial charge < -0.3 is 4.74 Å². The number of hydrazine groups is 1. The van der Waals surface area contributed by atoms with Gasteiger partial charge in [0.2, 0.25) is 0 Å². The maximum absolute atomic E-state index is 6.03. The minimum absolute atomic E-state index is 0.112. The molecule has 0 saturated carbocycles. The number of thiophene rings is 1. The maximum Gasteiger partial charge on any atom is 0.137 e. The Morgan fingerprint density at radius 1 is 1.37 bits per heavy atom. The Balaban J connectivity index is 2.41. The van der Waals surface area contributed by atoms with Crippen LogP contribution in [0.1, 0.15) is 16.5 Å². The monoisotopic (exact) mass is 424 g/mol. The summed E-state index contributed by atoms with van der Waals surface area (Å²) < 4.78 is 7.27. The molecule has 102 valence electrons. The molecule has 7 heteroatoms. The molecule has 0 aliphatic rings. The van der Waals surface area contributed by atoms with Crippen LogP contribution in [-0.4, -0.2) is 7.11 Å². The molecule has 0 fully saturated rings. The van der Waals surface area contributed by atoms with Crippen molar-refractivity contribution in [2.24, 2.45) is 5.84 Å². The molecule has 1 atom stereocenters. The van der Waals surface area contributed by atoms with Crippen molar-refractivity contribution in [3.8, 4) is 5.75 Å². The second-order valence-electron chi connectivity index (χ2n) is 3.76. The highest BCUT2D eigenvalue weighted by molar-refractivity contribution is 9.13. The summed E-state index contributed by atoms with van der Waals surface area (Å²) in [4.78, 5) is 1.09. The maximum atomic E-state index is 6.03. The van der Waals surface area contributed by atoms with Gasteiger partial charge in [0.25, 0.3) is 0 Å². The zero-order valence-corrected chi connectivity index (χ0v) is 14.7. The lowest BCUT2D eigenvalue weighted by Gasteiger charge is -2.16.